The Bertz CT molecular complexity index is 420. The van der Waals surface area contributed by atoms with Crippen molar-refractivity contribution in [2.24, 2.45) is 0 Å². The largest absolute Gasteiger partial charge is 0.441 e. The molecule has 100 valence electrons. The summed E-state index contributed by atoms with van der Waals surface area (Å²) in [5.41, 5.74) is 4.54. The van der Waals surface area contributed by atoms with Crippen LogP contribution in [0.1, 0.15) is 12.0 Å². The first-order valence-electron chi connectivity index (χ1n) is 5.80. The molecule has 0 unspecified atom stereocenters. The van der Waals surface area contributed by atoms with Gasteiger partial charge in [-0.3, -0.25) is 0 Å². The van der Waals surface area contributed by atoms with Crippen molar-refractivity contribution in [3.8, 4) is 0 Å². The summed E-state index contributed by atoms with van der Waals surface area (Å²) in [6, 6.07) is 5.62. The molecule has 2 nitrogen and oxygen atoms in total. The second kappa shape index (κ2) is 5.30. The predicted molar refractivity (Wildman–Crippen MR) is 69.9 cm³/mol. The van der Waals surface area contributed by atoms with Crippen molar-refractivity contribution in [2.75, 3.05) is 29.5 Å². The Morgan fingerprint density at radius 2 is 2.11 bits per heavy atom. The van der Waals surface area contributed by atoms with E-state index < -0.39 is 5.51 Å². The highest BCUT2D eigenvalue weighted by atomic mass is 32.2. The summed E-state index contributed by atoms with van der Waals surface area (Å²) in [5, 5.41) is 0. The molecular weight excluding hydrogens is 261 g/mol. The number of halogens is 3. The van der Waals surface area contributed by atoms with Crippen molar-refractivity contribution in [2.45, 2.75) is 18.3 Å². The molecule has 1 heterocycles. The third kappa shape index (κ3) is 3.25. The van der Waals surface area contributed by atoms with E-state index in [1.165, 1.54) is 0 Å². The van der Waals surface area contributed by atoms with E-state index in [2.05, 4.69) is 0 Å². The summed E-state index contributed by atoms with van der Waals surface area (Å²) in [6.07, 6.45) is 1.85. The maximum Gasteiger partial charge on any atom is 0.441 e. The van der Waals surface area contributed by atoms with Gasteiger partial charge in [-0.15, -0.1) is 0 Å². The number of fused-ring (bicyclic) bond motifs is 1. The van der Waals surface area contributed by atoms with Gasteiger partial charge in [0.15, 0.2) is 0 Å². The van der Waals surface area contributed by atoms with E-state index in [9.17, 15) is 13.2 Å². The minimum atomic E-state index is -4.14. The molecule has 0 radical (unpaired) electrons. The molecule has 0 aromatic heterocycles. The lowest BCUT2D eigenvalue weighted by atomic mass is 10.00. The highest BCUT2D eigenvalue weighted by molar-refractivity contribution is 8.00. The summed E-state index contributed by atoms with van der Waals surface area (Å²) in [6.45, 7) is 1.20. The van der Waals surface area contributed by atoms with Gasteiger partial charge >= 0.3 is 5.51 Å². The Hall–Kier alpha value is -1.04. The van der Waals surface area contributed by atoms with E-state index in [1.807, 2.05) is 23.1 Å². The Morgan fingerprint density at radius 1 is 1.33 bits per heavy atom. The fourth-order valence-electron chi connectivity index (χ4n) is 2.23. The van der Waals surface area contributed by atoms with Crippen molar-refractivity contribution in [1.29, 1.82) is 0 Å². The highest BCUT2D eigenvalue weighted by Crippen LogP contribution is 2.33. The number of alkyl halides is 3. The van der Waals surface area contributed by atoms with Crippen LogP contribution in [-0.2, 0) is 6.42 Å². The van der Waals surface area contributed by atoms with Gasteiger partial charge < -0.3 is 10.6 Å². The Balaban J connectivity index is 2.02. The Morgan fingerprint density at radius 3 is 2.83 bits per heavy atom. The number of benzene rings is 1. The van der Waals surface area contributed by atoms with Crippen LogP contribution < -0.4 is 10.6 Å². The predicted octanol–water partition coefficient (Wildman–Crippen LogP) is 3.27. The van der Waals surface area contributed by atoms with Gasteiger partial charge in [0.2, 0.25) is 0 Å². The van der Waals surface area contributed by atoms with Crippen molar-refractivity contribution in [3.05, 3.63) is 23.8 Å². The fraction of sp³-hybridized carbons (Fsp3) is 0.500. The van der Waals surface area contributed by atoms with Crippen LogP contribution in [0.4, 0.5) is 24.5 Å². The standard InChI is InChI=1S/C12H15F3N2S/c13-12(14,15)18-8-7-17-6-2-3-9-10(16)4-1-5-11(9)17/h1,4-5H,2-3,6-8,16H2. The summed E-state index contributed by atoms with van der Waals surface area (Å²) in [7, 11) is 0. The SMILES string of the molecule is Nc1cccc2c1CCCN2CCSC(F)(F)F. The van der Waals surface area contributed by atoms with Crippen LogP contribution in [0.3, 0.4) is 0 Å². The minimum Gasteiger partial charge on any atom is -0.398 e. The first-order chi connectivity index (χ1) is 8.47. The number of anilines is 2. The average Bonchev–Trinajstić information content (AvgIpc) is 2.29. The van der Waals surface area contributed by atoms with Crippen molar-refractivity contribution in [1.82, 2.24) is 0 Å². The van der Waals surface area contributed by atoms with Gasteiger partial charge in [0.1, 0.15) is 0 Å². The molecule has 18 heavy (non-hydrogen) atoms. The van der Waals surface area contributed by atoms with E-state index in [4.69, 9.17) is 5.73 Å². The zero-order valence-corrected chi connectivity index (χ0v) is 10.7. The van der Waals surface area contributed by atoms with E-state index in [0.717, 1.165) is 36.3 Å². The van der Waals surface area contributed by atoms with Crippen LogP contribution in [0, 0.1) is 0 Å². The number of hydrogen-bond acceptors (Lipinski definition) is 3. The molecule has 2 rings (SSSR count). The van der Waals surface area contributed by atoms with Gasteiger partial charge in [-0.2, -0.15) is 13.2 Å². The number of thioether (sulfide) groups is 1. The quantitative estimate of drug-likeness (QED) is 0.859. The molecule has 2 N–H and O–H groups in total. The molecule has 0 aliphatic carbocycles. The molecule has 1 aliphatic heterocycles. The number of hydrogen-bond donors (Lipinski definition) is 1. The maximum atomic E-state index is 12.1. The van der Waals surface area contributed by atoms with Gasteiger partial charge in [-0.1, -0.05) is 6.07 Å². The van der Waals surface area contributed by atoms with Gasteiger partial charge in [0.25, 0.3) is 0 Å². The first kappa shape index (κ1) is 13.4. The van der Waals surface area contributed by atoms with Gasteiger partial charge in [-0.25, -0.2) is 0 Å². The summed E-state index contributed by atoms with van der Waals surface area (Å²) in [4.78, 5) is 1.99. The lowest BCUT2D eigenvalue weighted by Gasteiger charge is -2.32. The second-order valence-corrected chi connectivity index (χ2v) is 5.39. The number of nitrogen functional groups attached to an aromatic ring is 1. The third-order valence-corrected chi connectivity index (χ3v) is 3.72. The molecule has 0 amide bonds. The van der Waals surface area contributed by atoms with Crippen LogP contribution in [0.15, 0.2) is 18.2 Å². The van der Waals surface area contributed by atoms with Gasteiger partial charge in [0, 0.05) is 30.2 Å². The van der Waals surface area contributed by atoms with E-state index in [1.54, 1.807) is 0 Å². The number of nitrogens with two attached hydrogens (primary N) is 1. The molecule has 0 atom stereocenters. The Labute approximate surface area is 108 Å². The topological polar surface area (TPSA) is 29.3 Å². The zero-order chi connectivity index (χ0) is 13.2. The summed E-state index contributed by atoms with van der Waals surface area (Å²) >= 11 is 0.0332. The van der Waals surface area contributed by atoms with Crippen LogP contribution in [0.25, 0.3) is 0 Å². The average molecular weight is 276 g/mol. The first-order valence-corrected chi connectivity index (χ1v) is 6.79. The number of rotatable bonds is 3. The molecule has 1 aromatic rings. The Kier molecular flexibility index (Phi) is 3.94. The smallest absolute Gasteiger partial charge is 0.398 e. The summed E-state index contributed by atoms with van der Waals surface area (Å²) < 4.78 is 36.3. The van der Waals surface area contributed by atoms with Crippen LogP contribution in [0.2, 0.25) is 0 Å². The molecule has 0 bridgehead atoms. The van der Waals surface area contributed by atoms with Crippen molar-refractivity contribution >= 4 is 23.1 Å². The van der Waals surface area contributed by atoms with Crippen LogP contribution >= 0.6 is 11.8 Å². The van der Waals surface area contributed by atoms with E-state index in [-0.39, 0.29) is 17.5 Å². The molecular formula is C12H15F3N2S. The molecule has 1 aliphatic rings. The molecule has 6 heteroatoms. The normalized spacial score (nSPS) is 15.6. The van der Waals surface area contributed by atoms with Crippen molar-refractivity contribution < 1.29 is 13.2 Å². The lowest BCUT2D eigenvalue weighted by Crippen LogP contribution is -2.32. The monoisotopic (exact) mass is 276 g/mol. The fourth-order valence-corrected chi connectivity index (χ4v) is 2.77. The van der Waals surface area contributed by atoms with Crippen LogP contribution in [-0.4, -0.2) is 24.4 Å². The maximum absolute atomic E-state index is 12.1. The minimum absolute atomic E-state index is 0.0332. The van der Waals surface area contributed by atoms with E-state index in [0.29, 0.717) is 6.54 Å². The van der Waals surface area contributed by atoms with Crippen LogP contribution in [0.5, 0.6) is 0 Å². The summed E-state index contributed by atoms with van der Waals surface area (Å²) in [5.74, 6) is 0.0533. The van der Waals surface area contributed by atoms with Gasteiger partial charge in [-0.05, 0) is 42.3 Å². The van der Waals surface area contributed by atoms with Crippen molar-refractivity contribution in [3.63, 3.8) is 0 Å². The van der Waals surface area contributed by atoms with E-state index >= 15 is 0 Å². The molecule has 0 saturated heterocycles. The molecule has 0 fully saturated rings. The lowest BCUT2D eigenvalue weighted by molar-refractivity contribution is -0.0327. The molecule has 1 aromatic carbocycles. The third-order valence-electron chi connectivity index (χ3n) is 3.01. The molecule has 0 saturated carbocycles. The van der Waals surface area contributed by atoms with Gasteiger partial charge in [0.05, 0.1) is 0 Å². The highest BCUT2D eigenvalue weighted by Gasteiger charge is 2.28. The number of nitrogens with zero attached hydrogens (tertiary/aromatic N) is 1. The second-order valence-electron chi connectivity index (χ2n) is 4.23. The molecule has 0 spiro atoms. The zero-order valence-electron chi connectivity index (χ0n) is 9.83.